The van der Waals surface area contributed by atoms with Crippen molar-refractivity contribution in [2.75, 3.05) is 5.75 Å². The third kappa shape index (κ3) is 5.56. The van der Waals surface area contributed by atoms with Crippen molar-refractivity contribution in [3.63, 3.8) is 0 Å². The number of sulfone groups is 1. The molecule has 1 aromatic carbocycles. The molecular weight excluding hydrogens is 290 g/mol. The van der Waals surface area contributed by atoms with Gasteiger partial charge in [0.25, 0.3) is 0 Å². The van der Waals surface area contributed by atoms with Crippen LogP contribution in [0.3, 0.4) is 0 Å². The first kappa shape index (κ1) is 17.2. The molecule has 1 N–H and O–H groups in total. The highest BCUT2D eigenvalue weighted by atomic mass is 32.2. The number of carboxylic acid groups (broad SMARTS) is 1. The average molecular weight is 309 g/mol. The fourth-order valence-corrected chi connectivity index (χ4v) is 3.18. The van der Waals surface area contributed by atoms with Gasteiger partial charge in [-0.1, -0.05) is 12.1 Å². The fraction of sp³-hybridized carbons (Fsp3) is 0.467. The molecule has 0 saturated carbocycles. The van der Waals surface area contributed by atoms with Gasteiger partial charge in [0.2, 0.25) is 0 Å². The Hall–Kier alpha value is -1.87. The Labute approximate surface area is 125 Å². The summed E-state index contributed by atoms with van der Waals surface area (Å²) in [6, 6.07) is 8.04. The molecule has 114 valence electrons. The Morgan fingerprint density at radius 1 is 1.29 bits per heavy atom. The summed E-state index contributed by atoms with van der Waals surface area (Å²) in [5.74, 6) is -0.972. The van der Waals surface area contributed by atoms with Gasteiger partial charge >= 0.3 is 5.97 Å². The van der Waals surface area contributed by atoms with E-state index < -0.39 is 21.2 Å². The van der Waals surface area contributed by atoms with Crippen molar-refractivity contribution in [2.45, 2.75) is 38.0 Å². The lowest BCUT2D eigenvalue weighted by molar-refractivity contribution is -0.136. The highest BCUT2D eigenvalue weighted by Gasteiger charge is 2.20. The van der Waals surface area contributed by atoms with E-state index in [4.69, 9.17) is 10.4 Å². The molecule has 5 nitrogen and oxygen atoms in total. The van der Waals surface area contributed by atoms with Gasteiger partial charge in [-0.3, -0.25) is 4.79 Å². The number of hydrogen-bond donors (Lipinski definition) is 1. The minimum Gasteiger partial charge on any atom is -0.481 e. The molecule has 1 aromatic rings. The highest BCUT2D eigenvalue weighted by molar-refractivity contribution is 7.91. The van der Waals surface area contributed by atoms with Crippen molar-refractivity contribution < 1.29 is 18.3 Å². The quantitative estimate of drug-likeness (QED) is 0.834. The maximum atomic E-state index is 12.1. The van der Waals surface area contributed by atoms with Crippen LogP contribution in [0.1, 0.15) is 32.3 Å². The van der Waals surface area contributed by atoms with Gasteiger partial charge in [-0.25, -0.2) is 8.42 Å². The van der Waals surface area contributed by atoms with E-state index in [9.17, 15) is 13.2 Å². The topological polar surface area (TPSA) is 95.2 Å². The molecule has 0 amide bonds. The van der Waals surface area contributed by atoms with Crippen LogP contribution < -0.4 is 0 Å². The van der Waals surface area contributed by atoms with E-state index in [2.05, 4.69) is 6.07 Å². The molecule has 0 heterocycles. The predicted octanol–water partition coefficient (Wildman–Crippen LogP) is 2.42. The molecule has 0 fully saturated rings. The first-order chi connectivity index (χ1) is 9.66. The largest absolute Gasteiger partial charge is 0.481 e. The maximum absolute atomic E-state index is 12.1. The van der Waals surface area contributed by atoms with Crippen LogP contribution in [0.5, 0.6) is 0 Å². The van der Waals surface area contributed by atoms with Gasteiger partial charge in [0.15, 0.2) is 9.84 Å². The van der Waals surface area contributed by atoms with Gasteiger partial charge in [-0.05, 0) is 44.4 Å². The summed E-state index contributed by atoms with van der Waals surface area (Å²) < 4.78 is 24.3. The van der Waals surface area contributed by atoms with E-state index >= 15 is 0 Å². The molecule has 21 heavy (non-hydrogen) atoms. The summed E-state index contributed by atoms with van der Waals surface area (Å²) in [5, 5.41) is 17.6. The Morgan fingerprint density at radius 2 is 1.86 bits per heavy atom. The molecule has 0 spiro atoms. The molecule has 0 bridgehead atoms. The summed E-state index contributed by atoms with van der Waals surface area (Å²) in [6.07, 6.45) is 0.802. The summed E-state index contributed by atoms with van der Waals surface area (Å²) in [7, 11) is -3.39. The molecule has 1 rings (SSSR count). The first-order valence-electron chi connectivity index (χ1n) is 6.61. The number of benzene rings is 1. The smallest absolute Gasteiger partial charge is 0.307 e. The van der Waals surface area contributed by atoms with E-state index in [0.717, 1.165) is 0 Å². The van der Waals surface area contributed by atoms with Crippen molar-refractivity contribution in [2.24, 2.45) is 5.41 Å². The lowest BCUT2D eigenvalue weighted by Crippen LogP contribution is -2.13. The SMILES string of the molecule is CC(C)(C#N)CCCS(=O)(=O)c1ccc(CC(=O)O)cc1. The lowest BCUT2D eigenvalue weighted by Gasteiger charge is -2.14. The zero-order chi connectivity index (χ0) is 16.1. The zero-order valence-corrected chi connectivity index (χ0v) is 13.0. The maximum Gasteiger partial charge on any atom is 0.307 e. The van der Waals surface area contributed by atoms with E-state index in [-0.39, 0.29) is 17.1 Å². The standard InChI is InChI=1S/C15H19NO4S/c1-15(2,11-16)8-3-9-21(19,20)13-6-4-12(5-7-13)10-14(17)18/h4-7H,3,8-10H2,1-2H3,(H,17,18). The van der Waals surface area contributed by atoms with Gasteiger partial charge < -0.3 is 5.11 Å². The van der Waals surface area contributed by atoms with Gasteiger partial charge in [0, 0.05) is 0 Å². The Bertz CT molecular complexity index is 639. The summed E-state index contributed by atoms with van der Waals surface area (Å²) in [5.41, 5.74) is 0.0352. The highest BCUT2D eigenvalue weighted by Crippen LogP contribution is 2.22. The van der Waals surface area contributed by atoms with Crippen LogP contribution in [-0.4, -0.2) is 25.2 Å². The number of rotatable bonds is 7. The Morgan fingerprint density at radius 3 is 2.33 bits per heavy atom. The molecule has 6 heteroatoms. The van der Waals surface area contributed by atoms with Crippen molar-refractivity contribution in [3.05, 3.63) is 29.8 Å². The minimum absolute atomic E-state index is 0.0175. The Balaban J connectivity index is 2.71. The second kappa shape index (κ2) is 6.72. The number of carbonyl (C=O) groups is 1. The van der Waals surface area contributed by atoms with Crippen LogP contribution in [-0.2, 0) is 21.1 Å². The minimum atomic E-state index is -3.39. The third-order valence-electron chi connectivity index (χ3n) is 3.16. The molecule has 0 atom stereocenters. The number of aliphatic carboxylic acids is 1. The molecule has 0 aliphatic heterocycles. The normalized spacial score (nSPS) is 11.9. The van der Waals surface area contributed by atoms with Crippen LogP contribution in [0.2, 0.25) is 0 Å². The van der Waals surface area contributed by atoms with E-state index in [0.29, 0.717) is 18.4 Å². The van der Waals surface area contributed by atoms with Gasteiger partial charge in [0.05, 0.1) is 28.6 Å². The first-order valence-corrected chi connectivity index (χ1v) is 8.26. The fourth-order valence-electron chi connectivity index (χ4n) is 1.87. The van der Waals surface area contributed by atoms with Crippen LogP contribution in [0.15, 0.2) is 29.2 Å². The number of nitriles is 1. The number of nitrogens with zero attached hydrogens (tertiary/aromatic N) is 1. The summed E-state index contributed by atoms with van der Waals surface area (Å²) in [4.78, 5) is 10.8. The van der Waals surface area contributed by atoms with E-state index in [1.165, 1.54) is 24.3 Å². The van der Waals surface area contributed by atoms with Crippen LogP contribution in [0, 0.1) is 16.7 Å². The van der Waals surface area contributed by atoms with Crippen molar-refractivity contribution in [1.82, 2.24) is 0 Å². The van der Waals surface area contributed by atoms with Crippen LogP contribution >= 0.6 is 0 Å². The molecule has 0 saturated heterocycles. The predicted molar refractivity (Wildman–Crippen MR) is 78.5 cm³/mol. The second-order valence-corrected chi connectivity index (χ2v) is 7.74. The number of carboxylic acids is 1. The molecule has 0 aromatic heterocycles. The van der Waals surface area contributed by atoms with Gasteiger partial charge in [-0.2, -0.15) is 5.26 Å². The molecule has 0 radical (unpaired) electrons. The van der Waals surface area contributed by atoms with Gasteiger partial charge in [-0.15, -0.1) is 0 Å². The Kier molecular flexibility index (Phi) is 5.50. The van der Waals surface area contributed by atoms with E-state index in [1.807, 2.05) is 0 Å². The monoisotopic (exact) mass is 309 g/mol. The molecular formula is C15H19NO4S. The molecule has 0 unspecified atom stereocenters. The van der Waals surface area contributed by atoms with Crippen molar-refractivity contribution in [3.8, 4) is 6.07 Å². The second-order valence-electron chi connectivity index (χ2n) is 5.63. The van der Waals surface area contributed by atoms with Crippen molar-refractivity contribution in [1.29, 1.82) is 5.26 Å². The van der Waals surface area contributed by atoms with Crippen molar-refractivity contribution >= 4 is 15.8 Å². The average Bonchev–Trinajstić information content (AvgIpc) is 2.38. The molecule has 0 aliphatic rings. The molecule has 0 aliphatic carbocycles. The van der Waals surface area contributed by atoms with Crippen LogP contribution in [0.4, 0.5) is 0 Å². The summed E-state index contributed by atoms with van der Waals surface area (Å²) >= 11 is 0. The number of hydrogen-bond acceptors (Lipinski definition) is 4. The third-order valence-corrected chi connectivity index (χ3v) is 4.97. The lowest BCUT2D eigenvalue weighted by atomic mass is 9.90. The van der Waals surface area contributed by atoms with Crippen LogP contribution in [0.25, 0.3) is 0 Å². The zero-order valence-electron chi connectivity index (χ0n) is 12.2. The van der Waals surface area contributed by atoms with E-state index in [1.54, 1.807) is 13.8 Å². The van der Waals surface area contributed by atoms with Gasteiger partial charge in [0.1, 0.15) is 0 Å². The summed E-state index contributed by atoms with van der Waals surface area (Å²) in [6.45, 7) is 3.56.